The fourth-order valence-electron chi connectivity index (χ4n) is 2.88. The molecule has 2 rings (SSSR count). The van der Waals surface area contributed by atoms with E-state index in [9.17, 15) is 9.59 Å². The van der Waals surface area contributed by atoms with Gasteiger partial charge in [-0.15, -0.1) is 0 Å². The second-order valence-corrected chi connectivity index (χ2v) is 4.23. The van der Waals surface area contributed by atoms with Gasteiger partial charge in [0.25, 0.3) is 0 Å². The first-order chi connectivity index (χ1) is 7.31. The number of carbonyl (C=O) groups is 2. The molecule has 3 atom stereocenters. The fraction of sp³-hybridized carbons (Fsp3) is 0.800. The van der Waals surface area contributed by atoms with Crippen LogP contribution in [0.1, 0.15) is 19.3 Å². The van der Waals surface area contributed by atoms with E-state index < -0.39 is 0 Å². The Morgan fingerprint density at radius 3 is 2.67 bits per heavy atom. The third-order valence-corrected chi connectivity index (χ3v) is 3.57. The molecule has 0 saturated carbocycles. The van der Waals surface area contributed by atoms with Crippen LogP contribution in [0.25, 0.3) is 0 Å². The average Bonchev–Trinajstić information content (AvgIpc) is 2.57. The van der Waals surface area contributed by atoms with E-state index in [4.69, 9.17) is 5.11 Å². The summed E-state index contributed by atoms with van der Waals surface area (Å²) < 4.78 is 0. The summed E-state index contributed by atoms with van der Waals surface area (Å²) in [5.74, 6) is 0. The summed E-state index contributed by atoms with van der Waals surface area (Å²) in [6, 6.07) is 0.294. The van der Waals surface area contributed by atoms with Crippen molar-refractivity contribution in [1.82, 2.24) is 9.80 Å². The zero-order chi connectivity index (χ0) is 10.8. The van der Waals surface area contributed by atoms with Crippen molar-refractivity contribution in [3.63, 3.8) is 0 Å². The number of nitrogens with zero attached hydrogens (tertiary/aromatic N) is 2. The highest BCUT2D eigenvalue weighted by Crippen LogP contribution is 2.33. The summed E-state index contributed by atoms with van der Waals surface area (Å²) in [6.45, 7) is 0.673. The number of aliphatic hydroxyl groups is 1. The van der Waals surface area contributed by atoms with E-state index in [1.807, 2.05) is 4.90 Å². The molecule has 0 aromatic rings. The molecule has 2 aliphatic rings. The number of carbonyl (C=O) groups excluding carboxylic acids is 2. The lowest BCUT2D eigenvalue weighted by atomic mass is 10.0. The Balaban J connectivity index is 2.17. The molecule has 0 aliphatic carbocycles. The van der Waals surface area contributed by atoms with E-state index in [1.165, 1.54) is 0 Å². The lowest BCUT2D eigenvalue weighted by Gasteiger charge is -2.43. The second-order valence-electron chi connectivity index (χ2n) is 4.23. The van der Waals surface area contributed by atoms with Crippen LogP contribution in [0.2, 0.25) is 0 Å². The van der Waals surface area contributed by atoms with Gasteiger partial charge in [-0.25, -0.2) is 0 Å². The van der Waals surface area contributed by atoms with Crippen molar-refractivity contribution in [3.8, 4) is 0 Å². The Hall–Kier alpha value is -1.10. The molecule has 5 heteroatoms. The number of hydrogen-bond acceptors (Lipinski definition) is 3. The normalized spacial score (nSPS) is 34.3. The van der Waals surface area contributed by atoms with E-state index in [2.05, 4.69) is 0 Å². The summed E-state index contributed by atoms with van der Waals surface area (Å²) in [6.07, 6.45) is 4.19. The van der Waals surface area contributed by atoms with Crippen LogP contribution in [0, 0.1) is 0 Å². The minimum Gasteiger partial charge on any atom is -0.396 e. The maximum Gasteiger partial charge on any atom is 0.210 e. The van der Waals surface area contributed by atoms with E-state index >= 15 is 0 Å². The minimum absolute atomic E-state index is 0.00329. The number of aliphatic hydroxyl groups excluding tert-OH is 1. The van der Waals surface area contributed by atoms with E-state index in [0.29, 0.717) is 13.0 Å². The van der Waals surface area contributed by atoms with Gasteiger partial charge >= 0.3 is 0 Å². The van der Waals surface area contributed by atoms with Crippen molar-refractivity contribution in [2.24, 2.45) is 0 Å². The van der Waals surface area contributed by atoms with Gasteiger partial charge in [-0.2, -0.15) is 0 Å². The van der Waals surface area contributed by atoms with Crippen LogP contribution in [0.5, 0.6) is 0 Å². The zero-order valence-electron chi connectivity index (χ0n) is 8.58. The second kappa shape index (κ2) is 4.18. The number of piperazine rings is 1. The summed E-state index contributed by atoms with van der Waals surface area (Å²) in [7, 11) is 0. The summed E-state index contributed by atoms with van der Waals surface area (Å²) in [4.78, 5) is 25.4. The Morgan fingerprint density at radius 1 is 1.27 bits per heavy atom. The van der Waals surface area contributed by atoms with Crippen molar-refractivity contribution in [1.29, 1.82) is 0 Å². The predicted molar refractivity (Wildman–Crippen MR) is 53.0 cm³/mol. The molecule has 2 saturated heterocycles. The number of likely N-dealkylation sites (tertiary alicyclic amines) is 1. The maximum atomic E-state index is 10.9. The molecule has 15 heavy (non-hydrogen) atoms. The van der Waals surface area contributed by atoms with Crippen LogP contribution in [0.4, 0.5) is 0 Å². The molecule has 0 aromatic heterocycles. The Labute approximate surface area is 88.6 Å². The Kier molecular flexibility index (Phi) is 2.90. The van der Waals surface area contributed by atoms with Gasteiger partial charge in [0.2, 0.25) is 12.8 Å². The largest absolute Gasteiger partial charge is 0.396 e. The summed E-state index contributed by atoms with van der Waals surface area (Å²) >= 11 is 0. The molecule has 2 amide bonds. The smallest absolute Gasteiger partial charge is 0.210 e. The molecule has 1 unspecified atom stereocenters. The van der Waals surface area contributed by atoms with Crippen molar-refractivity contribution in [3.05, 3.63) is 0 Å². The number of fused-ring (bicyclic) bond motifs is 2. The van der Waals surface area contributed by atoms with Gasteiger partial charge in [0.1, 0.15) is 0 Å². The highest BCUT2D eigenvalue weighted by Gasteiger charge is 2.44. The molecule has 2 aliphatic heterocycles. The van der Waals surface area contributed by atoms with Crippen LogP contribution >= 0.6 is 0 Å². The lowest BCUT2D eigenvalue weighted by Crippen LogP contribution is -2.58. The van der Waals surface area contributed by atoms with Crippen molar-refractivity contribution in [2.45, 2.75) is 37.4 Å². The summed E-state index contributed by atoms with van der Waals surface area (Å²) in [5, 5.41) is 8.97. The third kappa shape index (κ3) is 1.61. The van der Waals surface area contributed by atoms with Crippen LogP contribution in [-0.4, -0.2) is 59.0 Å². The van der Waals surface area contributed by atoms with Crippen LogP contribution in [0.3, 0.4) is 0 Å². The van der Waals surface area contributed by atoms with Gasteiger partial charge in [0.05, 0.1) is 12.1 Å². The topological polar surface area (TPSA) is 60.9 Å². The number of rotatable bonds is 4. The molecule has 84 valence electrons. The SMILES string of the molecule is O=CN1CC2CC[C@H]([C@H]1CCO)N2C=O. The maximum absolute atomic E-state index is 10.9. The van der Waals surface area contributed by atoms with Gasteiger partial charge in [0.15, 0.2) is 0 Å². The molecule has 0 spiro atoms. The molecule has 0 radical (unpaired) electrons. The van der Waals surface area contributed by atoms with Crippen LogP contribution in [0.15, 0.2) is 0 Å². The van der Waals surface area contributed by atoms with Gasteiger partial charge < -0.3 is 14.9 Å². The average molecular weight is 212 g/mol. The Bertz CT molecular complexity index is 259. The molecule has 5 nitrogen and oxygen atoms in total. The van der Waals surface area contributed by atoms with E-state index in [-0.39, 0.29) is 24.7 Å². The molecule has 2 heterocycles. The quantitative estimate of drug-likeness (QED) is 0.620. The number of hydrogen-bond donors (Lipinski definition) is 1. The molecular formula is C10H16N2O3. The predicted octanol–water partition coefficient (Wildman–Crippen LogP) is -0.801. The van der Waals surface area contributed by atoms with Crippen molar-refractivity contribution >= 4 is 12.8 Å². The molecule has 2 bridgehead atoms. The zero-order valence-corrected chi connectivity index (χ0v) is 8.58. The highest BCUT2D eigenvalue weighted by molar-refractivity contribution is 5.54. The molecule has 2 fully saturated rings. The molecule has 1 N–H and O–H groups in total. The van der Waals surface area contributed by atoms with Crippen LogP contribution in [-0.2, 0) is 9.59 Å². The molecule has 0 aromatic carbocycles. The van der Waals surface area contributed by atoms with Crippen LogP contribution < -0.4 is 0 Å². The van der Waals surface area contributed by atoms with Gasteiger partial charge in [-0.05, 0) is 19.3 Å². The third-order valence-electron chi connectivity index (χ3n) is 3.57. The first-order valence-corrected chi connectivity index (χ1v) is 5.36. The minimum atomic E-state index is -0.00329. The summed E-state index contributed by atoms with van der Waals surface area (Å²) in [5.41, 5.74) is 0. The van der Waals surface area contributed by atoms with Gasteiger partial charge in [-0.1, -0.05) is 0 Å². The van der Waals surface area contributed by atoms with Gasteiger partial charge in [0, 0.05) is 19.2 Å². The Morgan fingerprint density at radius 2 is 2.07 bits per heavy atom. The highest BCUT2D eigenvalue weighted by atomic mass is 16.3. The number of amides is 2. The van der Waals surface area contributed by atoms with Crippen molar-refractivity contribution in [2.75, 3.05) is 13.2 Å². The van der Waals surface area contributed by atoms with Gasteiger partial charge in [-0.3, -0.25) is 9.59 Å². The first kappa shape index (κ1) is 10.4. The lowest BCUT2D eigenvalue weighted by molar-refractivity contribution is -0.134. The van der Waals surface area contributed by atoms with E-state index in [1.54, 1.807) is 4.90 Å². The molecular weight excluding hydrogens is 196 g/mol. The standard InChI is InChI=1S/C10H16N2O3/c13-4-3-9-10-2-1-8(12(10)7-15)5-11(9)6-14/h6-10,13H,1-5H2/t8?,9-,10-/m1/s1. The van der Waals surface area contributed by atoms with E-state index in [0.717, 1.165) is 25.7 Å². The van der Waals surface area contributed by atoms with Crippen molar-refractivity contribution < 1.29 is 14.7 Å². The first-order valence-electron chi connectivity index (χ1n) is 5.36. The fourth-order valence-corrected chi connectivity index (χ4v) is 2.88. The monoisotopic (exact) mass is 212 g/mol.